The van der Waals surface area contributed by atoms with E-state index in [1.807, 2.05) is 0 Å². The second-order valence-corrected chi connectivity index (χ2v) is 2.25. The highest BCUT2D eigenvalue weighted by Crippen LogP contribution is 2.13. The molecule has 0 aliphatic rings. The molecule has 3 nitrogen and oxygen atoms in total. The zero-order valence-corrected chi connectivity index (χ0v) is 7.28. The minimum atomic E-state index is 0.234. The molecule has 0 unspecified atom stereocenters. The Morgan fingerprint density at radius 2 is 2.54 bits per heavy atom. The number of carbonyl (C=O) groups excluding carboxylic acids is 1. The molecule has 3 heteroatoms. The van der Waals surface area contributed by atoms with Gasteiger partial charge in [0.1, 0.15) is 12.0 Å². The molecular weight excluding hydrogens is 166 g/mol. The van der Waals surface area contributed by atoms with Gasteiger partial charge < -0.3 is 9.53 Å². The summed E-state index contributed by atoms with van der Waals surface area (Å²) in [4.78, 5) is 13.9. The first-order valence-corrected chi connectivity index (χ1v) is 3.79. The summed E-state index contributed by atoms with van der Waals surface area (Å²) in [7, 11) is 1.57. The van der Waals surface area contributed by atoms with Crippen LogP contribution in [0.3, 0.4) is 0 Å². The monoisotopic (exact) mass is 175 g/mol. The summed E-state index contributed by atoms with van der Waals surface area (Å²) in [5.74, 6) is 6.16. The fourth-order valence-electron chi connectivity index (χ4n) is 0.841. The highest BCUT2D eigenvalue weighted by molar-refractivity contribution is 5.55. The predicted molar refractivity (Wildman–Crippen MR) is 48.3 cm³/mol. The van der Waals surface area contributed by atoms with Crippen molar-refractivity contribution >= 4 is 6.29 Å². The lowest BCUT2D eigenvalue weighted by molar-refractivity contribution is -0.107. The molecule has 0 N–H and O–H groups in total. The highest BCUT2D eigenvalue weighted by atomic mass is 16.5. The van der Waals surface area contributed by atoms with E-state index in [1.165, 1.54) is 0 Å². The molecule has 0 radical (unpaired) electrons. The minimum Gasteiger partial charge on any atom is -0.495 e. The van der Waals surface area contributed by atoms with Gasteiger partial charge in [-0.25, -0.2) is 0 Å². The van der Waals surface area contributed by atoms with Crippen molar-refractivity contribution in [1.29, 1.82) is 0 Å². The van der Waals surface area contributed by atoms with Gasteiger partial charge in [-0.05, 0) is 6.07 Å². The Labute approximate surface area is 76.8 Å². The molecule has 0 amide bonds. The van der Waals surface area contributed by atoms with Crippen LogP contribution in [0.1, 0.15) is 12.0 Å². The third-order valence-corrected chi connectivity index (χ3v) is 1.41. The van der Waals surface area contributed by atoms with Crippen LogP contribution in [0, 0.1) is 11.8 Å². The van der Waals surface area contributed by atoms with Gasteiger partial charge in [0.15, 0.2) is 0 Å². The summed E-state index contributed by atoms with van der Waals surface area (Å²) in [5.41, 5.74) is 0.701. The van der Waals surface area contributed by atoms with Crippen molar-refractivity contribution < 1.29 is 9.53 Å². The number of aldehydes is 1. The molecule has 0 saturated heterocycles. The lowest BCUT2D eigenvalue weighted by atomic mass is 10.2. The van der Waals surface area contributed by atoms with E-state index in [-0.39, 0.29) is 6.42 Å². The molecular formula is C10H9NO2. The number of ether oxygens (including phenoxy) is 1. The first kappa shape index (κ1) is 9.27. The molecule has 0 aliphatic heterocycles. The molecule has 0 aromatic carbocycles. The molecule has 13 heavy (non-hydrogen) atoms. The fourth-order valence-corrected chi connectivity index (χ4v) is 0.841. The Bertz CT molecular complexity index is 349. The maximum atomic E-state index is 10.0. The summed E-state index contributed by atoms with van der Waals surface area (Å²) in [5, 5.41) is 0. The number of hydrogen-bond acceptors (Lipinski definition) is 3. The quantitative estimate of drug-likeness (QED) is 0.497. The average molecular weight is 175 g/mol. The summed E-state index contributed by atoms with van der Waals surface area (Å²) in [6, 6.07) is 1.73. The van der Waals surface area contributed by atoms with Gasteiger partial charge >= 0.3 is 0 Å². The van der Waals surface area contributed by atoms with Crippen molar-refractivity contribution in [3.8, 4) is 17.6 Å². The molecule has 1 heterocycles. The molecule has 1 rings (SSSR count). The number of carbonyl (C=O) groups is 1. The first-order valence-electron chi connectivity index (χ1n) is 3.79. The standard InChI is InChI=1S/C10H9NO2/c1-13-10-5-6-11-8-9(10)4-2-3-7-12/h5-8H,3H2,1H3. The lowest BCUT2D eigenvalue weighted by Crippen LogP contribution is -1.88. The third-order valence-electron chi connectivity index (χ3n) is 1.41. The normalized spacial score (nSPS) is 8.38. The predicted octanol–water partition coefficient (Wildman–Crippen LogP) is 1.03. The SMILES string of the molecule is COc1ccncc1C#CCC=O. The largest absolute Gasteiger partial charge is 0.495 e. The summed E-state index contributed by atoms with van der Waals surface area (Å²) in [6.45, 7) is 0. The Morgan fingerprint density at radius 1 is 1.69 bits per heavy atom. The van der Waals surface area contributed by atoms with Crippen LogP contribution in [-0.2, 0) is 4.79 Å². The molecule has 0 atom stereocenters. The van der Waals surface area contributed by atoms with Gasteiger partial charge in [-0.3, -0.25) is 4.98 Å². The van der Waals surface area contributed by atoms with Crippen LogP contribution < -0.4 is 4.74 Å². The van der Waals surface area contributed by atoms with Crippen LogP contribution in [-0.4, -0.2) is 18.4 Å². The van der Waals surface area contributed by atoms with Crippen molar-refractivity contribution in [2.24, 2.45) is 0 Å². The van der Waals surface area contributed by atoms with Crippen LogP contribution in [0.2, 0.25) is 0 Å². The van der Waals surface area contributed by atoms with E-state index < -0.39 is 0 Å². The highest BCUT2D eigenvalue weighted by Gasteiger charge is 1.96. The van der Waals surface area contributed by atoms with Crippen molar-refractivity contribution in [3.63, 3.8) is 0 Å². The fraction of sp³-hybridized carbons (Fsp3) is 0.200. The second kappa shape index (κ2) is 4.94. The van der Waals surface area contributed by atoms with Gasteiger partial charge in [-0.2, -0.15) is 0 Å². The summed E-state index contributed by atoms with van der Waals surface area (Å²) >= 11 is 0. The molecule has 1 aromatic rings. The Hall–Kier alpha value is -1.82. The Kier molecular flexibility index (Phi) is 3.52. The maximum Gasteiger partial charge on any atom is 0.137 e. The van der Waals surface area contributed by atoms with Crippen LogP contribution >= 0.6 is 0 Å². The first-order chi connectivity index (χ1) is 6.38. The molecule has 0 spiro atoms. The average Bonchev–Trinajstić information content (AvgIpc) is 2.19. The topological polar surface area (TPSA) is 39.2 Å². The lowest BCUT2D eigenvalue weighted by Gasteiger charge is -1.99. The van der Waals surface area contributed by atoms with Gasteiger partial charge in [-0.1, -0.05) is 11.8 Å². The van der Waals surface area contributed by atoms with Crippen molar-refractivity contribution in [2.75, 3.05) is 7.11 Å². The maximum absolute atomic E-state index is 10.0. The molecule has 66 valence electrons. The molecule has 0 aliphatic carbocycles. The van der Waals surface area contributed by atoms with Crippen molar-refractivity contribution in [3.05, 3.63) is 24.0 Å². The molecule has 0 fully saturated rings. The number of rotatable bonds is 2. The van der Waals surface area contributed by atoms with E-state index in [0.717, 1.165) is 6.29 Å². The molecule has 0 bridgehead atoms. The van der Waals surface area contributed by atoms with E-state index >= 15 is 0 Å². The Morgan fingerprint density at radius 3 is 3.23 bits per heavy atom. The zero-order valence-electron chi connectivity index (χ0n) is 7.28. The van der Waals surface area contributed by atoms with Gasteiger partial charge in [0.25, 0.3) is 0 Å². The number of methoxy groups -OCH3 is 1. The van der Waals surface area contributed by atoms with Gasteiger partial charge in [-0.15, -0.1) is 0 Å². The number of hydrogen-bond donors (Lipinski definition) is 0. The smallest absolute Gasteiger partial charge is 0.137 e. The minimum absolute atomic E-state index is 0.234. The van der Waals surface area contributed by atoms with Crippen molar-refractivity contribution in [2.45, 2.75) is 6.42 Å². The van der Waals surface area contributed by atoms with Crippen LogP contribution in [0.25, 0.3) is 0 Å². The zero-order chi connectivity index (χ0) is 9.52. The van der Waals surface area contributed by atoms with Crippen LogP contribution in [0.15, 0.2) is 18.5 Å². The molecule has 1 aromatic heterocycles. The number of nitrogens with zero attached hydrogens (tertiary/aromatic N) is 1. The van der Waals surface area contributed by atoms with Gasteiger partial charge in [0.2, 0.25) is 0 Å². The summed E-state index contributed by atoms with van der Waals surface area (Å²) in [6.07, 6.45) is 4.23. The van der Waals surface area contributed by atoms with E-state index in [0.29, 0.717) is 11.3 Å². The molecule has 0 saturated carbocycles. The van der Waals surface area contributed by atoms with Crippen molar-refractivity contribution in [1.82, 2.24) is 4.98 Å². The second-order valence-electron chi connectivity index (χ2n) is 2.25. The third kappa shape index (κ3) is 2.60. The van der Waals surface area contributed by atoms with E-state index in [4.69, 9.17) is 4.74 Å². The van der Waals surface area contributed by atoms with Gasteiger partial charge in [0, 0.05) is 12.4 Å². The summed E-state index contributed by atoms with van der Waals surface area (Å²) < 4.78 is 5.05. The van der Waals surface area contributed by atoms with E-state index in [1.54, 1.807) is 25.6 Å². The van der Waals surface area contributed by atoms with E-state index in [2.05, 4.69) is 16.8 Å². The number of pyridine rings is 1. The van der Waals surface area contributed by atoms with E-state index in [9.17, 15) is 4.79 Å². The van der Waals surface area contributed by atoms with Gasteiger partial charge in [0.05, 0.1) is 19.1 Å². The number of aromatic nitrogens is 1. The van der Waals surface area contributed by atoms with Crippen LogP contribution in [0.4, 0.5) is 0 Å². The Balaban J connectivity index is 2.88. The van der Waals surface area contributed by atoms with Crippen LogP contribution in [0.5, 0.6) is 5.75 Å².